The predicted molar refractivity (Wildman–Crippen MR) is 122 cm³/mol. The summed E-state index contributed by atoms with van der Waals surface area (Å²) >= 11 is 1.13. The van der Waals surface area contributed by atoms with Gasteiger partial charge in [0.25, 0.3) is 5.91 Å². The molecule has 0 aliphatic rings. The van der Waals surface area contributed by atoms with E-state index < -0.39 is 0 Å². The van der Waals surface area contributed by atoms with Crippen LogP contribution in [0.25, 0.3) is 44.4 Å². The Balaban J connectivity index is 1.30. The van der Waals surface area contributed by atoms with E-state index in [4.69, 9.17) is 4.42 Å². The first-order chi connectivity index (χ1) is 15.2. The van der Waals surface area contributed by atoms with Crippen molar-refractivity contribution in [2.75, 3.05) is 5.32 Å². The lowest BCUT2D eigenvalue weighted by atomic mass is 10.1. The van der Waals surface area contributed by atoms with Gasteiger partial charge in [-0.25, -0.2) is 4.98 Å². The van der Waals surface area contributed by atoms with E-state index in [1.54, 1.807) is 24.3 Å². The van der Waals surface area contributed by atoms with Crippen molar-refractivity contribution in [1.82, 2.24) is 13.7 Å². The molecule has 148 valence electrons. The first-order valence-electron chi connectivity index (χ1n) is 9.66. The highest BCUT2D eigenvalue weighted by atomic mass is 32.1. The largest absolute Gasteiger partial charge is 0.436 e. The molecule has 0 unspecified atom stereocenters. The molecular weight excluding hydrogens is 408 g/mol. The van der Waals surface area contributed by atoms with Gasteiger partial charge in [-0.3, -0.25) is 4.79 Å². The predicted octanol–water partition coefficient (Wildman–Crippen LogP) is 5.91. The number of fused-ring (bicyclic) bond motifs is 3. The zero-order valence-corrected chi connectivity index (χ0v) is 16.9. The van der Waals surface area contributed by atoms with Gasteiger partial charge in [0.1, 0.15) is 16.6 Å². The van der Waals surface area contributed by atoms with Crippen LogP contribution in [0.1, 0.15) is 10.4 Å². The smallest absolute Gasteiger partial charge is 0.255 e. The van der Waals surface area contributed by atoms with Gasteiger partial charge in [-0.2, -0.15) is 8.75 Å². The molecule has 2 heterocycles. The van der Waals surface area contributed by atoms with E-state index in [0.717, 1.165) is 28.2 Å². The second-order valence-electron chi connectivity index (χ2n) is 7.19. The molecule has 6 rings (SSSR count). The average molecular weight is 422 g/mol. The summed E-state index contributed by atoms with van der Waals surface area (Å²) in [5, 5.41) is 5.21. The molecule has 6 nitrogen and oxygen atoms in total. The second-order valence-corrected chi connectivity index (χ2v) is 7.71. The summed E-state index contributed by atoms with van der Waals surface area (Å²) in [5.74, 6) is 0.332. The fourth-order valence-corrected chi connectivity index (χ4v) is 4.10. The molecule has 0 fully saturated rings. The van der Waals surface area contributed by atoms with Crippen LogP contribution < -0.4 is 5.32 Å². The lowest BCUT2D eigenvalue weighted by molar-refractivity contribution is 0.102. The number of anilines is 1. The number of hydrogen-bond donors (Lipinski definition) is 1. The van der Waals surface area contributed by atoms with Gasteiger partial charge < -0.3 is 9.73 Å². The molecule has 1 amide bonds. The maximum atomic E-state index is 12.7. The standard InChI is InChI=1S/C24H14N4O2S/c29-23(16-7-9-19-20(12-16)28-31-27-19)25-18-8-10-22-21(13-18)26-24(30-22)17-6-5-14-3-1-2-4-15(14)11-17/h1-13H,(H,25,29). The van der Waals surface area contributed by atoms with Gasteiger partial charge in [0.15, 0.2) is 5.58 Å². The molecule has 0 aliphatic heterocycles. The summed E-state index contributed by atoms with van der Waals surface area (Å²) in [5.41, 5.74) is 4.92. The number of carbonyl (C=O) groups is 1. The number of hydrogen-bond acceptors (Lipinski definition) is 6. The average Bonchev–Trinajstić information content (AvgIpc) is 3.44. The zero-order valence-electron chi connectivity index (χ0n) is 16.1. The summed E-state index contributed by atoms with van der Waals surface area (Å²) in [7, 11) is 0. The minimum absolute atomic E-state index is 0.215. The minimum atomic E-state index is -0.215. The lowest BCUT2D eigenvalue weighted by Crippen LogP contribution is -2.11. The molecule has 2 aromatic heterocycles. The third-order valence-electron chi connectivity index (χ3n) is 5.16. The first kappa shape index (κ1) is 17.7. The molecule has 0 saturated heterocycles. The number of nitrogens with one attached hydrogen (secondary N) is 1. The number of nitrogens with zero attached hydrogens (tertiary/aromatic N) is 3. The van der Waals surface area contributed by atoms with Crippen LogP contribution in [0.4, 0.5) is 5.69 Å². The Labute approximate surface area is 180 Å². The van der Waals surface area contributed by atoms with Crippen LogP contribution in [0.5, 0.6) is 0 Å². The van der Waals surface area contributed by atoms with Crippen LogP contribution in [-0.2, 0) is 0 Å². The summed E-state index contributed by atoms with van der Waals surface area (Å²) in [6, 6.07) is 25.0. The van der Waals surface area contributed by atoms with Crippen molar-refractivity contribution in [3.63, 3.8) is 0 Å². The van der Waals surface area contributed by atoms with Crippen LogP contribution in [0.2, 0.25) is 0 Å². The fourth-order valence-electron chi connectivity index (χ4n) is 3.58. The van der Waals surface area contributed by atoms with Gasteiger partial charge in [-0.05, 0) is 59.3 Å². The van der Waals surface area contributed by atoms with Gasteiger partial charge in [-0.15, -0.1) is 0 Å². The third kappa shape index (κ3) is 3.21. The number of oxazole rings is 1. The Hall–Kier alpha value is -4.10. The van der Waals surface area contributed by atoms with Crippen LogP contribution in [-0.4, -0.2) is 19.6 Å². The van der Waals surface area contributed by atoms with E-state index in [1.165, 1.54) is 5.39 Å². The van der Waals surface area contributed by atoms with Crippen LogP contribution >= 0.6 is 11.7 Å². The Bertz CT molecular complexity index is 1600. The van der Waals surface area contributed by atoms with Crippen molar-refractivity contribution in [3.8, 4) is 11.5 Å². The molecule has 1 N–H and O–H groups in total. The van der Waals surface area contributed by atoms with E-state index in [9.17, 15) is 4.79 Å². The Morgan fingerprint density at radius 2 is 1.68 bits per heavy atom. The van der Waals surface area contributed by atoms with Crippen LogP contribution in [0, 0.1) is 0 Å². The van der Waals surface area contributed by atoms with E-state index in [0.29, 0.717) is 33.8 Å². The summed E-state index contributed by atoms with van der Waals surface area (Å²) in [6.07, 6.45) is 0. The molecule has 0 radical (unpaired) electrons. The highest BCUT2D eigenvalue weighted by Gasteiger charge is 2.12. The van der Waals surface area contributed by atoms with Crippen molar-refractivity contribution in [3.05, 3.63) is 84.4 Å². The minimum Gasteiger partial charge on any atom is -0.436 e. The van der Waals surface area contributed by atoms with Crippen molar-refractivity contribution in [2.24, 2.45) is 0 Å². The summed E-state index contributed by atoms with van der Waals surface area (Å²) in [6.45, 7) is 0. The summed E-state index contributed by atoms with van der Waals surface area (Å²) in [4.78, 5) is 17.3. The van der Waals surface area contributed by atoms with Crippen LogP contribution in [0.15, 0.2) is 83.3 Å². The van der Waals surface area contributed by atoms with E-state index >= 15 is 0 Å². The molecule has 0 bridgehead atoms. The molecular formula is C24H14N4O2S. The maximum Gasteiger partial charge on any atom is 0.255 e. The third-order valence-corrected chi connectivity index (χ3v) is 5.71. The van der Waals surface area contributed by atoms with Crippen molar-refractivity contribution < 1.29 is 9.21 Å². The monoisotopic (exact) mass is 422 g/mol. The molecule has 31 heavy (non-hydrogen) atoms. The molecule has 6 aromatic rings. The fraction of sp³-hybridized carbons (Fsp3) is 0. The topological polar surface area (TPSA) is 80.9 Å². The van der Waals surface area contributed by atoms with Gasteiger partial charge in [0.2, 0.25) is 5.89 Å². The van der Waals surface area contributed by atoms with Gasteiger partial charge in [0, 0.05) is 16.8 Å². The molecule has 7 heteroatoms. The lowest BCUT2D eigenvalue weighted by Gasteiger charge is -2.04. The number of rotatable bonds is 3. The number of benzene rings is 4. The number of amides is 1. The van der Waals surface area contributed by atoms with Gasteiger partial charge >= 0.3 is 0 Å². The van der Waals surface area contributed by atoms with E-state index in [1.807, 2.05) is 30.3 Å². The van der Waals surface area contributed by atoms with E-state index in [2.05, 4.69) is 43.3 Å². The molecule has 0 aliphatic carbocycles. The number of carbonyl (C=O) groups excluding carboxylic acids is 1. The van der Waals surface area contributed by atoms with Gasteiger partial charge in [0.05, 0.1) is 11.7 Å². The van der Waals surface area contributed by atoms with Crippen molar-refractivity contribution in [2.45, 2.75) is 0 Å². The van der Waals surface area contributed by atoms with E-state index in [-0.39, 0.29) is 5.91 Å². The molecule has 0 atom stereocenters. The zero-order chi connectivity index (χ0) is 20.8. The SMILES string of the molecule is O=C(Nc1ccc2oc(-c3ccc4ccccc4c3)nc2c1)c1ccc2nsnc2c1. The maximum absolute atomic E-state index is 12.7. The van der Waals surface area contributed by atoms with Crippen molar-refractivity contribution >= 4 is 56.2 Å². The number of aromatic nitrogens is 3. The summed E-state index contributed by atoms with van der Waals surface area (Å²) < 4.78 is 14.3. The Morgan fingerprint density at radius 3 is 2.61 bits per heavy atom. The molecule has 4 aromatic carbocycles. The first-order valence-corrected chi connectivity index (χ1v) is 10.4. The van der Waals surface area contributed by atoms with Crippen LogP contribution in [0.3, 0.4) is 0 Å². The molecule has 0 spiro atoms. The highest BCUT2D eigenvalue weighted by Crippen LogP contribution is 2.28. The Morgan fingerprint density at radius 1 is 0.806 bits per heavy atom. The highest BCUT2D eigenvalue weighted by molar-refractivity contribution is 7.00. The Kier molecular flexibility index (Phi) is 4.00. The van der Waals surface area contributed by atoms with Crippen molar-refractivity contribution in [1.29, 1.82) is 0 Å². The van der Waals surface area contributed by atoms with Gasteiger partial charge in [-0.1, -0.05) is 30.3 Å². The second kappa shape index (κ2) is 7.00. The normalized spacial score (nSPS) is 11.4. The molecule has 0 saturated carbocycles. The quantitative estimate of drug-likeness (QED) is 0.384.